The predicted molar refractivity (Wildman–Crippen MR) is 74.3 cm³/mol. The van der Waals surface area contributed by atoms with Crippen LogP contribution in [0.5, 0.6) is 0 Å². The molecular formula is C14H15N3O6. The topological polar surface area (TPSA) is 128 Å². The maximum atomic E-state index is 12.0. The molecule has 3 rings (SSSR count). The number of carbonyl (C=O) groups is 2. The van der Waals surface area contributed by atoms with Crippen molar-refractivity contribution in [3.63, 3.8) is 0 Å². The molecule has 3 heterocycles. The number of hydrogen-bond donors (Lipinski definition) is 2. The van der Waals surface area contributed by atoms with Gasteiger partial charge in [0.2, 0.25) is 17.6 Å². The smallest absolute Gasteiger partial charge is 0.331 e. The Morgan fingerprint density at radius 3 is 2.96 bits per heavy atom. The zero-order chi connectivity index (χ0) is 16.3. The van der Waals surface area contributed by atoms with E-state index < -0.39 is 17.4 Å². The summed E-state index contributed by atoms with van der Waals surface area (Å²) in [5.41, 5.74) is -0.661. The molecule has 2 N–H and O–H groups in total. The third-order valence-electron chi connectivity index (χ3n) is 3.62. The molecule has 0 bridgehead atoms. The predicted octanol–water partition coefficient (Wildman–Crippen LogP) is 0.622. The highest BCUT2D eigenvalue weighted by molar-refractivity contribution is 5.87. The Bertz CT molecular complexity index is 687. The van der Waals surface area contributed by atoms with Crippen molar-refractivity contribution in [2.45, 2.75) is 24.8 Å². The van der Waals surface area contributed by atoms with Crippen LogP contribution in [0.3, 0.4) is 0 Å². The number of hydrogen-bond acceptors (Lipinski definition) is 7. The molecule has 2 aromatic heterocycles. The third kappa shape index (κ3) is 3.24. The number of nitrogens with one attached hydrogen (secondary N) is 1. The first-order valence-corrected chi connectivity index (χ1v) is 7.06. The van der Waals surface area contributed by atoms with Crippen molar-refractivity contribution in [2.24, 2.45) is 0 Å². The van der Waals surface area contributed by atoms with Gasteiger partial charge in [0, 0.05) is 25.9 Å². The van der Waals surface area contributed by atoms with Gasteiger partial charge in [-0.25, -0.2) is 4.79 Å². The molecule has 2 aromatic rings. The zero-order valence-electron chi connectivity index (χ0n) is 12.2. The minimum Gasteiger partial charge on any atom is -0.479 e. The van der Waals surface area contributed by atoms with Crippen molar-refractivity contribution >= 4 is 11.9 Å². The second kappa shape index (κ2) is 6.21. The number of furan rings is 1. The minimum atomic E-state index is -1.34. The summed E-state index contributed by atoms with van der Waals surface area (Å²) in [4.78, 5) is 27.5. The van der Waals surface area contributed by atoms with Gasteiger partial charge in [-0.1, -0.05) is 5.16 Å². The number of ether oxygens (including phenoxy) is 1. The van der Waals surface area contributed by atoms with E-state index in [9.17, 15) is 14.7 Å². The van der Waals surface area contributed by atoms with Crippen LogP contribution in [-0.2, 0) is 20.7 Å². The molecule has 0 aromatic carbocycles. The Morgan fingerprint density at radius 2 is 2.30 bits per heavy atom. The van der Waals surface area contributed by atoms with E-state index in [4.69, 9.17) is 13.7 Å². The lowest BCUT2D eigenvalue weighted by atomic mass is 9.98. The Balaban J connectivity index is 1.56. The largest absolute Gasteiger partial charge is 0.479 e. The molecule has 9 nitrogen and oxygen atoms in total. The fraction of sp³-hybridized carbons (Fsp3) is 0.429. The van der Waals surface area contributed by atoms with Crippen LogP contribution in [0, 0.1) is 0 Å². The first kappa shape index (κ1) is 15.2. The van der Waals surface area contributed by atoms with Gasteiger partial charge in [0.1, 0.15) is 6.26 Å². The van der Waals surface area contributed by atoms with Gasteiger partial charge in [0.05, 0.1) is 18.4 Å². The van der Waals surface area contributed by atoms with Crippen LogP contribution in [0.15, 0.2) is 27.5 Å². The minimum absolute atomic E-state index is 0.0285. The van der Waals surface area contributed by atoms with Crippen LogP contribution in [0.25, 0.3) is 11.4 Å². The summed E-state index contributed by atoms with van der Waals surface area (Å²) in [6, 6.07) is 1.69. The van der Waals surface area contributed by atoms with Gasteiger partial charge in [-0.2, -0.15) is 4.98 Å². The second-order valence-electron chi connectivity index (χ2n) is 5.26. The van der Waals surface area contributed by atoms with Crippen molar-refractivity contribution in [3.05, 3.63) is 24.5 Å². The van der Waals surface area contributed by atoms with Gasteiger partial charge in [0.15, 0.2) is 5.54 Å². The van der Waals surface area contributed by atoms with Crippen LogP contribution in [-0.4, -0.2) is 45.9 Å². The average molecular weight is 321 g/mol. The van der Waals surface area contributed by atoms with Crippen molar-refractivity contribution in [1.29, 1.82) is 0 Å². The molecule has 1 aliphatic heterocycles. The molecule has 9 heteroatoms. The molecule has 0 spiro atoms. The Hall–Kier alpha value is -2.68. The second-order valence-corrected chi connectivity index (χ2v) is 5.26. The summed E-state index contributed by atoms with van der Waals surface area (Å²) in [6.45, 7) is 0.281. The van der Waals surface area contributed by atoms with Gasteiger partial charge < -0.3 is 24.1 Å². The maximum Gasteiger partial charge on any atom is 0.331 e. The van der Waals surface area contributed by atoms with E-state index in [1.165, 1.54) is 12.5 Å². The Kier molecular flexibility index (Phi) is 4.11. The summed E-state index contributed by atoms with van der Waals surface area (Å²) in [6.07, 6.45) is 3.49. The van der Waals surface area contributed by atoms with Crippen LogP contribution in [0.2, 0.25) is 0 Å². The van der Waals surface area contributed by atoms with Gasteiger partial charge >= 0.3 is 5.97 Å². The van der Waals surface area contributed by atoms with E-state index in [2.05, 4.69) is 15.5 Å². The van der Waals surface area contributed by atoms with Gasteiger partial charge in [-0.05, 0) is 6.07 Å². The molecule has 0 radical (unpaired) electrons. The maximum absolute atomic E-state index is 12.0. The first-order valence-electron chi connectivity index (χ1n) is 7.06. The van der Waals surface area contributed by atoms with Crippen LogP contribution in [0.1, 0.15) is 18.7 Å². The molecule has 1 aliphatic rings. The number of aromatic nitrogens is 2. The van der Waals surface area contributed by atoms with E-state index in [0.717, 1.165) is 0 Å². The van der Waals surface area contributed by atoms with E-state index >= 15 is 0 Å². The molecule has 0 aliphatic carbocycles. The lowest BCUT2D eigenvalue weighted by Gasteiger charge is -2.23. The molecular weight excluding hydrogens is 306 g/mol. The van der Waals surface area contributed by atoms with E-state index in [-0.39, 0.29) is 25.9 Å². The Labute approximate surface area is 130 Å². The van der Waals surface area contributed by atoms with E-state index in [0.29, 0.717) is 23.9 Å². The number of carboxylic acids is 1. The molecule has 0 saturated carbocycles. The van der Waals surface area contributed by atoms with E-state index in [1.54, 1.807) is 6.07 Å². The zero-order valence-corrected chi connectivity index (χ0v) is 12.2. The summed E-state index contributed by atoms with van der Waals surface area (Å²) in [5.74, 6) is -0.826. The molecule has 1 fully saturated rings. The van der Waals surface area contributed by atoms with Crippen LogP contribution in [0.4, 0.5) is 0 Å². The van der Waals surface area contributed by atoms with Crippen molar-refractivity contribution in [2.75, 3.05) is 13.2 Å². The van der Waals surface area contributed by atoms with Crippen LogP contribution >= 0.6 is 0 Å². The van der Waals surface area contributed by atoms with Gasteiger partial charge in [-0.15, -0.1) is 0 Å². The highest BCUT2D eigenvalue weighted by atomic mass is 16.5. The van der Waals surface area contributed by atoms with Crippen molar-refractivity contribution in [1.82, 2.24) is 15.5 Å². The molecule has 23 heavy (non-hydrogen) atoms. The standard InChI is InChI=1S/C14H15N3O6/c18-10(16-14(13(19)20)4-6-22-8-14)1-2-11-15-12(17-23-11)9-3-5-21-7-9/h3,5,7H,1-2,4,6,8H2,(H,16,18)(H,19,20). The average Bonchev–Trinajstić information content (AvgIpc) is 3.26. The third-order valence-corrected chi connectivity index (χ3v) is 3.62. The quantitative estimate of drug-likeness (QED) is 0.792. The SMILES string of the molecule is O=C(CCc1nc(-c2ccoc2)no1)NC1(C(=O)O)CCOC1. The highest BCUT2D eigenvalue weighted by Gasteiger charge is 2.43. The lowest BCUT2D eigenvalue weighted by Crippen LogP contribution is -2.55. The fourth-order valence-corrected chi connectivity index (χ4v) is 2.30. The summed E-state index contributed by atoms with van der Waals surface area (Å²) in [5, 5.41) is 15.6. The van der Waals surface area contributed by atoms with Crippen molar-refractivity contribution < 1.29 is 28.4 Å². The molecule has 1 atom stereocenters. The number of aliphatic carboxylic acids is 1. The summed E-state index contributed by atoms with van der Waals surface area (Å²) < 4.78 is 15.1. The van der Waals surface area contributed by atoms with Gasteiger partial charge in [0.25, 0.3) is 0 Å². The highest BCUT2D eigenvalue weighted by Crippen LogP contribution is 2.20. The molecule has 1 amide bonds. The van der Waals surface area contributed by atoms with Crippen molar-refractivity contribution in [3.8, 4) is 11.4 Å². The summed E-state index contributed by atoms with van der Waals surface area (Å²) in [7, 11) is 0. The monoisotopic (exact) mass is 321 g/mol. The lowest BCUT2D eigenvalue weighted by molar-refractivity contribution is -0.147. The molecule has 122 valence electrons. The number of nitrogens with zero attached hydrogens (tertiary/aromatic N) is 2. The van der Waals surface area contributed by atoms with Crippen LogP contribution < -0.4 is 5.32 Å². The van der Waals surface area contributed by atoms with E-state index in [1.807, 2.05) is 0 Å². The number of rotatable bonds is 6. The van der Waals surface area contributed by atoms with Gasteiger partial charge in [-0.3, -0.25) is 4.79 Å². The first-order chi connectivity index (χ1) is 11.1. The molecule has 1 unspecified atom stereocenters. The number of aryl methyl sites for hydroxylation is 1. The Morgan fingerprint density at radius 1 is 1.43 bits per heavy atom. The molecule has 1 saturated heterocycles. The number of carboxylic acid groups (broad SMARTS) is 1. The number of amides is 1. The number of carbonyl (C=O) groups excluding carboxylic acids is 1. The fourth-order valence-electron chi connectivity index (χ4n) is 2.30. The summed E-state index contributed by atoms with van der Waals surface area (Å²) >= 11 is 0. The normalized spacial score (nSPS) is 20.5.